The van der Waals surface area contributed by atoms with Gasteiger partial charge in [0, 0.05) is 30.5 Å². The molecule has 0 saturated heterocycles. The molecule has 0 bridgehead atoms. The first-order valence-corrected chi connectivity index (χ1v) is 7.04. The minimum absolute atomic E-state index is 0.00748. The number of hydrogen-bond acceptors (Lipinski definition) is 1. The highest BCUT2D eigenvalue weighted by Gasteiger charge is 2.10. The number of rotatable bonds is 5. The van der Waals surface area contributed by atoms with Crippen molar-refractivity contribution in [3.63, 3.8) is 0 Å². The maximum atomic E-state index is 12.1. The number of hydrogen-bond donors (Lipinski definition) is 1. The molecule has 0 saturated carbocycles. The van der Waals surface area contributed by atoms with Crippen molar-refractivity contribution >= 4 is 5.91 Å². The van der Waals surface area contributed by atoms with Gasteiger partial charge in [-0.1, -0.05) is 17.7 Å². The van der Waals surface area contributed by atoms with Crippen molar-refractivity contribution in [2.24, 2.45) is 7.05 Å². The molecule has 1 aromatic carbocycles. The summed E-state index contributed by atoms with van der Waals surface area (Å²) in [4.78, 5) is 12.1. The molecule has 3 nitrogen and oxygen atoms in total. The zero-order chi connectivity index (χ0) is 14.5. The molecule has 0 aliphatic carbocycles. The van der Waals surface area contributed by atoms with Gasteiger partial charge in [0.25, 0.3) is 5.91 Å². The summed E-state index contributed by atoms with van der Waals surface area (Å²) in [5.74, 6) is 0.00748. The van der Waals surface area contributed by atoms with E-state index >= 15 is 0 Å². The molecule has 1 heterocycles. The van der Waals surface area contributed by atoms with Gasteiger partial charge in [0.15, 0.2) is 0 Å². The maximum Gasteiger partial charge on any atom is 0.251 e. The number of nitrogens with one attached hydrogen (secondary N) is 1. The monoisotopic (exact) mass is 270 g/mol. The molecule has 2 rings (SSSR count). The first-order valence-electron chi connectivity index (χ1n) is 7.04. The van der Waals surface area contributed by atoms with Gasteiger partial charge < -0.3 is 9.88 Å². The number of nitrogens with zero attached hydrogens (tertiary/aromatic N) is 1. The summed E-state index contributed by atoms with van der Waals surface area (Å²) in [6.07, 6.45) is 3.96. The molecular weight excluding hydrogens is 248 g/mol. The van der Waals surface area contributed by atoms with E-state index in [0.29, 0.717) is 0 Å². The molecule has 0 fully saturated rings. The third kappa shape index (κ3) is 3.73. The summed E-state index contributed by atoms with van der Waals surface area (Å²) >= 11 is 0. The summed E-state index contributed by atoms with van der Waals surface area (Å²) < 4.78 is 2.12. The number of carbonyl (C=O) groups is 1. The predicted octanol–water partition coefficient (Wildman–Crippen LogP) is 3.08. The molecule has 1 aromatic heterocycles. The van der Waals surface area contributed by atoms with E-state index in [-0.39, 0.29) is 11.9 Å². The number of benzene rings is 1. The van der Waals surface area contributed by atoms with Crippen LogP contribution in [0.3, 0.4) is 0 Å². The summed E-state index contributed by atoms with van der Waals surface area (Å²) in [5, 5.41) is 3.06. The van der Waals surface area contributed by atoms with Crippen LogP contribution in [0.5, 0.6) is 0 Å². The van der Waals surface area contributed by atoms with Gasteiger partial charge in [-0.05, 0) is 51.0 Å². The highest BCUT2D eigenvalue weighted by atomic mass is 16.1. The van der Waals surface area contributed by atoms with Crippen LogP contribution in [-0.4, -0.2) is 16.5 Å². The lowest BCUT2D eigenvalue weighted by Gasteiger charge is -2.14. The van der Waals surface area contributed by atoms with Gasteiger partial charge in [-0.15, -0.1) is 0 Å². The SMILES string of the molecule is Cc1cccc(C(=O)N[C@@H](C)CCc2cccn2C)c1. The lowest BCUT2D eigenvalue weighted by Crippen LogP contribution is -2.33. The Bertz CT molecular complexity index is 586. The molecule has 2 aromatic rings. The summed E-state index contributed by atoms with van der Waals surface area (Å²) in [5.41, 5.74) is 3.13. The van der Waals surface area contributed by atoms with E-state index in [4.69, 9.17) is 0 Å². The maximum absolute atomic E-state index is 12.1. The van der Waals surface area contributed by atoms with Crippen molar-refractivity contribution in [3.05, 3.63) is 59.4 Å². The van der Waals surface area contributed by atoms with Crippen molar-refractivity contribution in [1.82, 2.24) is 9.88 Å². The molecule has 0 aliphatic heterocycles. The normalized spacial score (nSPS) is 12.2. The topological polar surface area (TPSA) is 34.0 Å². The molecule has 0 spiro atoms. The molecule has 0 radical (unpaired) electrons. The van der Waals surface area contributed by atoms with Crippen molar-refractivity contribution in [1.29, 1.82) is 0 Å². The molecule has 3 heteroatoms. The zero-order valence-corrected chi connectivity index (χ0v) is 12.4. The molecule has 1 atom stereocenters. The average molecular weight is 270 g/mol. The second kappa shape index (κ2) is 6.42. The fraction of sp³-hybridized carbons (Fsp3) is 0.353. The second-order valence-electron chi connectivity index (χ2n) is 5.39. The number of amides is 1. The quantitative estimate of drug-likeness (QED) is 0.890. The van der Waals surface area contributed by atoms with Crippen LogP contribution in [0.2, 0.25) is 0 Å². The minimum atomic E-state index is 0.00748. The van der Waals surface area contributed by atoms with E-state index in [1.165, 1.54) is 5.69 Å². The van der Waals surface area contributed by atoms with Crippen LogP contribution >= 0.6 is 0 Å². The zero-order valence-electron chi connectivity index (χ0n) is 12.4. The Hall–Kier alpha value is -2.03. The standard InChI is InChI=1S/C17H22N2O/c1-13-6-4-7-15(12-13)17(20)18-14(2)9-10-16-8-5-11-19(16)3/h4-8,11-12,14H,9-10H2,1-3H3,(H,18,20)/t14-/m0/s1. The Labute approximate surface area is 120 Å². The van der Waals surface area contributed by atoms with Crippen LogP contribution in [0.4, 0.5) is 0 Å². The summed E-state index contributed by atoms with van der Waals surface area (Å²) in [6, 6.07) is 12.0. The highest BCUT2D eigenvalue weighted by Crippen LogP contribution is 2.07. The Balaban J connectivity index is 1.86. The first-order chi connectivity index (χ1) is 9.56. The lowest BCUT2D eigenvalue weighted by molar-refractivity contribution is 0.0938. The third-order valence-electron chi connectivity index (χ3n) is 3.54. The van der Waals surface area contributed by atoms with Crippen LogP contribution in [0, 0.1) is 6.92 Å². The van der Waals surface area contributed by atoms with Crippen molar-refractivity contribution in [2.75, 3.05) is 0 Å². The Morgan fingerprint density at radius 2 is 2.10 bits per heavy atom. The van der Waals surface area contributed by atoms with Gasteiger partial charge in [0.1, 0.15) is 0 Å². The largest absolute Gasteiger partial charge is 0.354 e. The molecule has 1 N–H and O–H groups in total. The van der Waals surface area contributed by atoms with Crippen LogP contribution in [0.1, 0.15) is 35.0 Å². The van der Waals surface area contributed by atoms with Gasteiger partial charge in [0.2, 0.25) is 0 Å². The van der Waals surface area contributed by atoms with Crippen LogP contribution < -0.4 is 5.32 Å². The van der Waals surface area contributed by atoms with E-state index in [1.54, 1.807) is 0 Å². The van der Waals surface area contributed by atoms with Crippen molar-refractivity contribution in [2.45, 2.75) is 32.7 Å². The molecular formula is C17H22N2O. The van der Waals surface area contributed by atoms with E-state index in [0.717, 1.165) is 24.0 Å². The molecule has 20 heavy (non-hydrogen) atoms. The van der Waals surface area contributed by atoms with E-state index < -0.39 is 0 Å². The van der Waals surface area contributed by atoms with Gasteiger partial charge in [0.05, 0.1) is 0 Å². The fourth-order valence-corrected chi connectivity index (χ4v) is 2.29. The van der Waals surface area contributed by atoms with Crippen LogP contribution in [0.25, 0.3) is 0 Å². The van der Waals surface area contributed by atoms with E-state index in [9.17, 15) is 4.79 Å². The first kappa shape index (κ1) is 14.4. The Morgan fingerprint density at radius 1 is 1.30 bits per heavy atom. The Morgan fingerprint density at radius 3 is 2.75 bits per heavy atom. The van der Waals surface area contributed by atoms with Gasteiger partial charge >= 0.3 is 0 Å². The summed E-state index contributed by atoms with van der Waals surface area (Å²) in [6.45, 7) is 4.05. The molecule has 0 unspecified atom stereocenters. The molecule has 106 valence electrons. The number of aromatic nitrogens is 1. The minimum Gasteiger partial charge on any atom is -0.354 e. The van der Waals surface area contributed by atoms with Crippen LogP contribution in [-0.2, 0) is 13.5 Å². The molecule has 0 aliphatic rings. The predicted molar refractivity (Wildman–Crippen MR) is 81.8 cm³/mol. The van der Waals surface area contributed by atoms with E-state index in [1.807, 2.05) is 50.5 Å². The fourth-order valence-electron chi connectivity index (χ4n) is 2.29. The van der Waals surface area contributed by atoms with Gasteiger partial charge in [-0.25, -0.2) is 0 Å². The van der Waals surface area contributed by atoms with Crippen molar-refractivity contribution in [3.8, 4) is 0 Å². The number of aryl methyl sites for hydroxylation is 3. The number of carbonyl (C=O) groups excluding carboxylic acids is 1. The van der Waals surface area contributed by atoms with Crippen LogP contribution in [0.15, 0.2) is 42.6 Å². The average Bonchev–Trinajstić information content (AvgIpc) is 2.82. The highest BCUT2D eigenvalue weighted by molar-refractivity contribution is 5.94. The van der Waals surface area contributed by atoms with Crippen molar-refractivity contribution < 1.29 is 4.79 Å². The van der Waals surface area contributed by atoms with Gasteiger partial charge in [-0.2, -0.15) is 0 Å². The van der Waals surface area contributed by atoms with Gasteiger partial charge in [-0.3, -0.25) is 4.79 Å². The Kier molecular flexibility index (Phi) is 4.61. The van der Waals surface area contributed by atoms with E-state index in [2.05, 4.69) is 22.9 Å². The lowest BCUT2D eigenvalue weighted by atomic mass is 10.1. The second-order valence-corrected chi connectivity index (χ2v) is 5.39. The summed E-state index contributed by atoms with van der Waals surface area (Å²) in [7, 11) is 2.05. The molecule has 1 amide bonds. The smallest absolute Gasteiger partial charge is 0.251 e. The third-order valence-corrected chi connectivity index (χ3v) is 3.54.